The van der Waals surface area contributed by atoms with Crippen molar-refractivity contribution in [1.29, 1.82) is 0 Å². The Morgan fingerprint density at radius 1 is 1.48 bits per heavy atom. The summed E-state index contributed by atoms with van der Waals surface area (Å²) in [7, 11) is 0. The van der Waals surface area contributed by atoms with E-state index < -0.39 is 0 Å². The lowest BCUT2D eigenvalue weighted by Gasteiger charge is -2.17. The average Bonchev–Trinajstić information content (AvgIpc) is 3.10. The standard InChI is InChI=1S/C18H22N4OS2/c1-4-22-11(3)12(8-19-22)9-21-17(23)15-13-6-5-10(2)7-14(13)25-16(15)20-18(21)24/h8,10H,4-7,9H2,1-3H3,(H,20,24)/t10-/m0/s1. The van der Waals surface area contributed by atoms with Crippen LogP contribution >= 0.6 is 23.6 Å². The van der Waals surface area contributed by atoms with E-state index in [0.717, 1.165) is 47.3 Å². The Morgan fingerprint density at radius 2 is 2.28 bits per heavy atom. The van der Waals surface area contributed by atoms with Crippen molar-refractivity contribution in [3.05, 3.63) is 43.0 Å². The van der Waals surface area contributed by atoms with E-state index in [1.54, 1.807) is 15.9 Å². The average molecular weight is 375 g/mol. The minimum Gasteiger partial charge on any atom is -0.323 e. The molecule has 0 radical (unpaired) electrons. The zero-order chi connectivity index (χ0) is 17.7. The molecular formula is C18H22N4OS2. The van der Waals surface area contributed by atoms with E-state index in [2.05, 4.69) is 23.9 Å². The molecule has 25 heavy (non-hydrogen) atoms. The molecule has 5 nitrogen and oxygen atoms in total. The van der Waals surface area contributed by atoms with Gasteiger partial charge in [-0.2, -0.15) is 5.10 Å². The van der Waals surface area contributed by atoms with Gasteiger partial charge in [0.2, 0.25) is 0 Å². The molecule has 0 saturated carbocycles. The molecule has 1 aliphatic carbocycles. The fraction of sp³-hybridized carbons (Fsp3) is 0.500. The molecule has 0 fully saturated rings. The van der Waals surface area contributed by atoms with Crippen molar-refractivity contribution in [2.24, 2.45) is 5.92 Å². The number of hydrogen-bond acceptors (Lipinski definition) is 4. The Labute approximate surface area is 155 Å². The number of thiophene rings is 1. The predicted molar refractivity (Wildman–Crippen MR) is 104 cm³/mol. The summed E-state index contributed by atoms with van der Waals surface area (Å²) in [6.45, 7) is 7.67. The largest absolute Gasteiger partial charge is 0.323 e. The smallest absolute Gasteiger partial charge is 0.263 e. The van der Waals surface area contributed by atoms with Gasteiger partial charge in [-0.05, 0) is 56.8 Å². The van der Waals surface area contributed by atoms with Crippen LogP contribution in [0.1, 0.15) is 42.0 Å². The lowest BCUT2D eigenvalue weighted by molar-refractivity contribution is 0.509. The highest BCUT2D eigenvalue weighted by Gasteiger charge is 2.23. The van der Waals surface area contributed by atoms with Crippen molar-refractivity contribution >= 4 is 33.8 Å². The van der Waals surface area contributed by atoms with Gasteiger partial charge in [0.1, 0.15) is 4.83 Å². The van der Waals surface area contributed by atoms with Crippen LogP contribution in [-0.4, -0.2) is 19.3 Å². The fourth-order valence-electron chi connectivity index (χ4n) is 3.73. The van der Waals surface area contributed by atoms with Gasteiger partial charge < -0.3 is 4.98 Å². The van der Waals surface area contributed by atoms with Crippen LogP contribution < -0.4 is 5.56 Å². The molecule has 0 saturated heterocycles. The van der Waals surface area contributed by atoms with Crippen molar-refractivity contribution in [3.63, 3.8) is 0 Å². The SMILES string of the molecule is CCn1ncc(Cn2c(=S)[nH]c3sc4c(c3c2=O)CC[C@H](C)C4)c1C. The summed E-state index contributed by atoms with van der Waals surface area (Å²) in [4.78, 5) is 18.8. The Morgan fingerprint density at radius 3 is 3.00 bits per heavy atom. The minimum atomic E-state index is 0.0365. The van der Waals surface area contributed by atoms with Crippen molar-refractivity contribution in [1.82, 2.24) is 19.3 Å². The second kappa shape index (κ2) is 6.21. The Bertz CT molecular complexity index is 1070. The zero-order valence-corrected chi connectivity index (χ0v) is 16.4. The molecule has 0 unspecified atom stereocenters. The van der Waals surface area contributed by atoms with E-state index in [9.17, 15) is 4.79 Å². The molecule has 132 valence electrons. The molecule has 3 heterocycles. The summed E-state index contributed by atoms with van der Waals surface area (Å²) in [5.74, 6) is 0.688. The van der Waals surface area contributed by atoms with Crippen molar-refractivity contribution in [2.75, 3.05) is 0 Å². The van der Waals surface area contributed by atoms with Crippen molar-refractivity contribution in [3.8, 4) is 0 Å². The highest BCUT2D eigenvalue weighted by atomic mass is 32.1. The molecule has 1 N–H and O–H groups in total. The topological polar surface area (TPSA) is 55.6 Å². The molecule has 3 aromatic heterocycles. The molecule has 1 aliphatic rings. The number of nitrogens with one attached hydrogen (secondary N) is 1. The molecule has 0 bridgehead atoms. The summed E-state index contributed by atoms with van der Waals surface area (Å²) in [6, 6.07) is 0. The fourth-order valence-corrected chi connectivity index (χ4v) is 5.45. The molecule has 1 atom stereocenters. The van der Waals surface area contributed by atoms with Crippen molar-refractivity contribution in [2.45, 2.75) is 53.1 Å². The van der Waals surface area contributed by atoms with Gasteiger partial charge in [-0.25, -0.2) is 0 Å². The quantitative estimate of drug-likeness (QED) is 0.709. The minimum absolute atomic E-state index is 0.0365. The number of fused-ring (bicyclic) bond motifs is 3. The highest BCUT2D eigenvalue weighted by Crippen LogP contribution is 2.35. The summed E-state index contributed by atoms with van der Waals surface area (Å²) in [5, 5.41) is 5.23. The van der Waals surface area contributed by atoms with Gasteiger partial charge in [0.25, 0.3) is 5.56 Å². The molecule has 7 heteroatoms. The number of aryl methyl sites for hydroxylation is 2. The van der Waals surface area contributed by atoms with E-state index in [0.29, 0.717) is 17.2 Å². The first-order chi connectivity index (χ1) is 12.0. The van der Waals surface area contributed by atoms with Crippen LogP contribution in [0.25, 0.3) is 10.2 Å². The molecule has 3 aromatic rings. The van der Waals surface area contributed by atoms with Gasteiger partial charge in [0.15, 0.2) is 4.77 Å². The molecule has 0 spiro atoms. The number of aromatic nitrogens is 4. The lowest BCUT2D eigenvalue weighted by atomic mass is 9.89. The second-order valence-electron chi connectivity index (χ2n) is 6.95. The van der Waals surface area contributed by atoms with Gasteiger partial charge in [0.05, 0.1) is 18.1 Å². The molecular weight excluding hydrogens is 352 g/mol. The number of hydrogen-bond donors (Lipinski definition) is 1. The summed E-state index contributed by atoms with van der Waals surface area (Å²) in [5.41, 5.74) is 3.41. The predicted octanol–water partition coefficient (Wildman–Crippen LogP) is 3.82. The van der Waals surface area contributed by atoms with Gasteiger partial charge >= 0.3 is 0 Å². The van der Waals surface area contributed by atoms with E-state index in [4.69, 9.17) is 12.2 Å². The Balaban J connectivity index is 1.86. The summed E-state index contributed by atoms with van der Waals surface area (Å²) in [6.07, 6.45) is 5.05. The summed E-state index contributed by atoms with van der Waals surface area (Å²) >= 11 is 7.20. The monoisotopic (exact) mass is 374 g/mol. The first-order valence-electron chi connectivity index (χ1n) is 8.78. The third kappa shape index (κ3) is 2.69. The number of nitrogens with zero attached hydrogens (tertiary/aromatic N) is 3. The number of H-pyrrole nitrogens is 1. The van der Waals surface area contributed by atoms with Gasteiger partial charge in [0, 0.05) is 22.7 Å². The maximum absolute atomic E-state index is 13.2. The van der Waals surface area contributed by atoms with Crippen LogP contribution in [0.4, 0.5) is 0 Å². The van der Waals surface area contributed by atoms with Crippen LogP contribution in [0.3, 0.4) is 0 Å². The van der Waals surface area contributed by atoms with Crippen LogP contribution in [-0.2, 0) is 25.9 Å². The number of rotatable bonds is 3. The maximum Gasteiger partial charge on any atom is 0.263 e. The molecule has 4 rings (SSSR count). The highest BCUT2D eigenvalue weighted by molar-refractivity contribution is 7.71. The van der Waals surface area contributed by atoms with E-state index in [-0.39, 0.29) is 5.56 Å². The van der Waals surface area contributed by atoms with Gasteiger partial charge in [-0.1, -0.05) is 6.92 Å². The second-order valence-corrected chi connectivity index (χ2v) is 8.44. The third-order valence-electron chi connectivity index (χ3n) is 5.27. The molecule has 0 aromatic carbocycles. The Kier molecular flexibility index (Phi) is 4.16. The third-order valence-corrected chi connectivity index (χ3v) is 6.76. The van der Waals surface area contributed by atoms with Gasteiger partial charge in [-0.3, -0.25) is 14.0 Å². The molecule has 0 aliphatic heterocycles. The normalized spacial score (nSPS) is 17.2. The first kappa shape index (κ1) is 16.7. The molecule has 0 amide bonds. The van der Waals surface area contributed by atoms with E-state index >= 15 is 0 Å². The van der Waals surface area contributed by atoms with Crippen LogP contribution in [0.15, 0.2) is 11.0 Å². The van der Waals surface area contributed by atoms with Crippen LogP contribution in [0.5, 0.6) is 0 Å². The van der Waals surface area contributed by atoms with Gasteiger partial charge in [-0.15, -0.1) is 11.3 Å². The lowest BCUT2D eigenvalue weighted by Crippen LogP contribution is -2.23. The maximum atomic E-state index is 13.2. The zero-order valence-electron chi connectivity index (χ0n) is 14.8. The van der Waals surface area contributed by atoms with E-state index in [1.165, 1.54) is 10.4 Å². The van der Waals surface area contributed by atoms with E-state index in [1.807, 2.05) is 17.8 Å². The Hall–Kier alpha value is -1.73. The van der Waals surface area contributed by atoms with Crippen molar-refractivity contribution < 1.29 is 0 Å². The first-order valence-corrected chi connectivity index (χ1v) is 10.0. The van der Waals surface area contributed by atoms with Crippen LogP contribution in [0, 0.1) is 17.6 Å². The van der Waals surface area contributed by atoms with Crippen LogP contribution in [0.2, 0.25) is 0 Å². The summed E-state index contributed by atoms with van der Waals surface area (Å²) < 4.78 is 4.12. The number of aromatic amines is 1.